The first-order chi connectivity index (χ1) is 8.74. The maximum Gasteiger partial charge on any atom is 0.0897 e. The summed E-state index contributed by atoms with van der Waals surface area (Å²) in [5.41, 5.74) is 3.36. The van der Waals surface area contributed by atoms with Crippen molar-refractivity contribution in [3.8, 4) is 0 Å². The summed E-state index contributed by atoms with van der Waals surface area (Å²) >= 11 is 1.64. The monoisotopic (exact) mass is 260 g/mol. The van der Waals surface area contributed by atoms with Crippen molar-refractivity contribution in [3.63, 3.8) is 0 Å². The fourth-order valence-corrected chi connectivity index (χ4v) is 3.30. The Hall–Kier alpha value is -1.26. The highest BCUT2D eigenvalue weighted by molar-refractivity contribution is 7.09. The Bertz CT molecular complexity index is 552. The van der Waals surface area contributed by atoms with E-state index < -0.39 is 0 Å². The zero-order chi connectivity index (χ0) is 12.5. The van der Waals surface area contributed by atoms with Crippen LogP contribution in [0.25, 0.3) is 0 Å². The third-order valence-electron chi connectivity index (χ3n) is 3.55. The highest BCUT2D eigenvalue weighted by Gasteiger charge is 2.30. The maximum absolute atomic E-state index is 10.4. The van der Waals surface area contributed by atoms with Gasteiger partial charge in [-0.25, -0.2) is 4.98 Å². The number of rotatable bonds is 3. The number of hydrogen-bond donors (Lipinski definition) is 1. The van der Waals surface area contributed by atoms with Gasteiger partial charge in [0.25, 0.3) is 0 Å². The van der Waals surface area contributed by atoms with E-state index in [0.717, 1.165) is 29.2 Å². The zero-order valence-electron chi connectivity index (χ0n) is 10.3. The Morgan fingerprint density at radius 1 is 1.56 bits per heavy atom. The number of aromatic nitrogens is 2. The minimum Gasteiger partial charge on any atom is -0.392 e. The Morgan fingerprint density at radius 2 is 2.44 bits per heavy atom. The van der Waals surface area contributed by atoms with Crippen molar-refractivity contribution in [1.82, 2.24) is 9.97 Å². The van der Waals surface area contributed by atoms with E-state index in [2.05, 4.69) is 16.0 Å². The first kappa shape index (κ1) is 11.8. The van der Waals surface area contributed by atoms with Gasteiger partial charge in [-0.1, -0.05) is 6.07 Å². The summed E-state index contributed by atoms with van der Waals surface area (Å²) in [5.74, 6) is 0.170. The standard InChI is InChI=1S/C14H16N2OS/c1-9-16-11(8-18-9)7-13(17)12-5-4-10-3-2-6-15-14(10)12/h2-3,6,8,12-13,17H,4-5,7H2,1H3. The van der Waals surface area contributed by atoms with Crippen LogP contribution in [0, 0.1) is 6.92 Å². The molecule has 0 bridgehead atoms. The summed E-state index contributed by atoms with van der Waals surface area (Å²) in [6.45, 7) is 1.99. The predicted octanol–water partition coefficient (Wildman–Crippen LogP) is 2.48. The number of nitrogens with zero attached hydrogens (tertiary/aromatic N) is 2. The zero-order valence-corrected chi connectivity index (χ0v) is 11.2. The molecule has 1 aliphatic carbocycles. The number of aliphatic hydroxyl groups excluding tert-OH is 1. The Morgan fingerprint density at radius 3 is 3.22 bits per heavy atom. The van der Waals surface area contributed by atoms with Gasteiger partial charge in [0.05, 0.1) is 16.8 Å². The lowest BCUT2D eigenvalue weighted by Gasteiger charge is -2.17. The van der Waals surface area contributed by atoms with Crippen LogP contribution in [-0.4, -0.2) is 21.2 Å². The van der Waals surface area contributed by atoms with E-state index in [0.29, 0.717) is 6.42 Å². The van der Waals surface area contributed by atoms with Gasteiger partial charge in [0.1, 0.15) is 0 Å². The Kier molecular flexibility index (Phi) is 3.14. The van der Waals surface area contributed by atoms with E-state index in [4.69, 9.17) is 0 Å². The quantitative estimate of drug-likeness (QED) is 0.922. The van der Waals surface area contributed by atoms with Crippen LogP contribution in [-0.2, 0) is 12.8 Å². The molecule has 0 radical (unpaired) electrons. The molecule has 2 aromatic heterocycles. The van der Waals surface area contributed by atoms with Crippen molar-refractivity contribution in [2.75, 3.05) is 0 Å². The molecule has 94 valence electrons. The normalized spacial score (nSPS) is 19.8. The van der Waals surface area contributed by atoms with Crippen molar-refractivity contribution < 1.29 is 5.11 Å². The molecule has 0 saturated carbocycles. The molecule has 2 aromatic rings. The molecule has 3 rings (SSSR count). The van der Waals surface area contributed by atoms with E-state index in [1.54, 1.807) is 11.3 Å². The third kappa shape index (κ3) is 2.18. The number of aryl methyl sites for hydroxylation is 2. The summed E-state index contributed by atoms with van der Waals surface area (Å²) in [6.07, 6.45) is 4.10. The second kappa shape index (κ2) is 4.78. The van der Waals surface area contributed by atoms with Gasteiger partial charge in [0, 0.05) is 29.6 Å². The maximum atomic E-state index is 10.4. The largest absolute Gasteiger partial charge is 0.392 e. The van der Waals surface area contributed by atoms with Crippen LogP contribution >= 0.6 is 11.3 Å². The van der Waals surface area contributed by atoms with E-state index in [1.165, 1.54) is 5.56 Å². The summed E-state index contributed by atoms with van der Waals surface area (Å²) in [7, 11) is 0. The van der Waals surface area contributed by atoms with Crippen molar-refractivity contribution in [2.45, 2.75) is 38.2 Å². The molecule has 0 aromatic carbocycles. The highest BCUT2D eigenvalue weighted by Crippen LogP contribution is 2.34. The molecule has 18 heavy (non-hydrogen) atoms. The van der Waals surface area contributed by atoms with E-state index in [9.17, 15) is 5.11 Å². The molecule has 0 amide bonds. The smallest absolute Gasteiger partial charge is 0.0897 e. The lowest BCUT2D eigenvalue weighted by molar-refractivity contribution is 0.140. The van der Waals surface area contributed by atoms with Crippen LogP contribution in [0.4, 0.5) is 0 Å². The first-order valence-electron chi connectivity index (χ1n) is 6.27. The molecule has 0 spiro atoms. The second-order valence-electron chi connectivity index (χ2n) is 4.82. The average Bonchev–Trinajstić information content (AvgIpc) is 2.95. The van der Waals surface area contributed by atoms with E-state index in [1.807, 2.05) is 24.6 Å². The molecular formula is C14H16N2OS. The van der Waals surface area contributed by atoms with Gasteiger partial charge in [-0.2, -0.15) is 0 Å². The number of aliphatic hydroxyl groups is 1. The molecule has 1 N–H and O–H groups in total. The van der Waals surface area contributed by atoms with Crippen LogP contribution in [0.3, 0.4) is 0 Å². The molecular weight excluding hydrogens is 244 g/mol. The van der Waals surface area contributed by atoms with Crippen LogP contribution in [0.5, 0.6) is 0 Å². The van der Waals surface area contributed by atoms with E-state index in [-0.39, 0.29) is 12.0 Å². The van der Waals surface area contributed by atoms with Gasteiger partial charge >= 0.3 is 0 Å². The minimum atomic E-state index is -0.373. The van der Waals surface area contributed by atoms with Crippen molar-refractivity contribution in [2.24, 2.45) is 0 Å². The summed E-state index contributed by atoms with van der Waals surface area (Å²) < 4.78 is 0. The first-order valence-corrected chi connectivity index (χ1v) is 7.15. The summed E-state index contributed by atoms with van der Waals surface area (Å²) in [5, 5.41) is 13.5. The topological polar surface area (TPSA) is 46.0 Å². The molecule has 0 saturated heterocycles. The van der Waals surface area contributed by atoms with Gasteiger partial charge in [-0.15, -0.1) is 11.3 Å². The molecule has 2 heterocycles. The van der Waals surface area contributed by atoms with Crippen molar-refractivity contribution in [3.05, 3.63) is 45.7 Å². The highest BCUT2D eigenvalue weighted by atomic mass is 32.1. The van der Waals surface area contributed by atoms with Gasteiger partial charge in [-0.05, 0) is 31.4 Å². The van der Waals surface area contributed by atoms with Crippen LogP contribution in [0.2, 0.25) is 0 Å². The lowest BCUT2D eigenvalue weighted by Crippen LogP contribution is -2.20. The summed E-state index contributed by atoms with van der Waals surface area (Å²) in [4.78, 5) is 8.85. The van der Waals surface area contributed by atoms with Gasteiger partial charge < -0.3 is 5.11 Å². The molecule has 2 unspecified atom stereocenters. The number of pyridine rings is 1. The number of thiazole rings is 1. The van der Waals surface area contributed by atoms with Gasteiger partial charge in [0.2, 0.25) is 0 Å². The average molecular weight is 260 g/mol. The molecule has 2 atom stereocenters. The fraction of sp³-hybridized carbons (Fsp3) is 0.429. The number of hydrogen-bond acceptors (Lipinski definition) is 4. The van der Waals surface area contributed by atoms with Crippen molar-refractivity contribution >= 4 is 11.3 Å². The molecule has 0 fully saturated rings. The fourth-order valence-electron chi connectivity index (χ4n) is 2.68. The Balaban J connectivity index is 1.76. The second-order valence-corrected chi connectivity index (χ2v) is 5.88. The summed E-state index contributed by atoms with van der Waals surface area (Å²) in [6, 6.07) is 4.08. The number of fused-ring (bicyclic) bond motifs is 1. The van der Waals surface area contributed by atoms with Crippen LogP contribution in [0.15, 0.2) is 23.7 Å². The third-order valence-corrected chi connectivity index (χ3v) is 4.37. The van der Waals surface area contributed by atoms with E-state index >= 15 is 0 Å². The lowest BCUT2D eigenvalue weighted by atomic mass is 9.96. The van der Waals surface area contributed by atoms with Crippen LogP contribution < -0.4 is 0 Å². The predicted molar refractivity (Wildman–Crippen MR) is 71.9 cm³/mol. The Labute approximate surface area is 111 Å². The SMILES string of the molecule is Cc1nc(CC(O)C2CCc3cccnc32)cs1. The van der Waals surface area contributed by atoms with Crippen LogP contribution in [0.1, 0.15) is 34.3 Å². The van der Waals surface area contributed by atoms with Gasteiger partial charge in [0.15, 0.2) is 0 Å². The minimum absolute atomic E-state index is 0.170. The molecule has 4 heteroatoms. The van der Waals surface area contributed by atoms with Crippen molar-refractivity contribution in [1.29, 1.82) is 0 Å². The molecule has 0 aliphatic heterocycles. The van der Waals surface area contributed by atoms with Gasteiger partial charge in [-0.3, -0.25) is 4.98 Å². The molecule has 1 aliphatic rings. The molecule has 3 nitrogen and oxygen atoms in total.